The van der Waals surface area contributed by atoms with E-state index in [2.05, 4.69) is 0 Å². The van der Waals surface area contributed by atoms with Crippen molar-refractivity contribution in [3.63, 3.8) is 0 Å². The number of carbonyl (C=O) groups is 2. The van der Waals surface area contributed by atoms with E-state index in [0.717, 1.165) is 18.4 Å². The number of ether oxygens (including phenoxy) is 1. The second-order valence-corrected chi connectivity index (χ2v) is 6.47. The topological polar surface area (TPSA) is 43.4 Å². The molecule has 0 aromatic heterocycles. The Morgan fingerprint density at radius 3 is 1.96 bits per heavy atom. The molecule has 1 fully saturated rings. The molecule has 0 spiro atoms. The third-order valence-corrected chi connectivity index (χ3v) is 4.54. The van der Waals surface area contributed by atoms with Gasteiger partial charge >= 0.3 is 5.97 Å². The van der Waals surface area contributed by atoms with Crippen LogP contribution in [0.5, 0.6) is 0 Å². The van der Waals surface area contributed by atoms with E-state index in [-0.39, 0.29) is 18.4 Å². The molecule has 3 nitrogen and oxygen atoms in total. The van der Waals surface area contributed by atoms with E-state index in [9.17, 15) is 9.59 Å². The molecular formula is C18H14Cl2O3. The van der Waals surface area contributed by atoms with Gasteiger partial charge in [0.15, 0.2) is 12.4 Å². The van der Waals surface area contributed by atoms with Crippen molar-refractivity contribution < 1.29 is 14.3 Å². The Hall–Kier alpha value is -1.84. The zero-order chi connectivity index (χ0) is 16.4. The maximum Gasteiger partial charge on any atom is 0.317 e. The van der Waals surface area contributed by atoms with Crippen molar-refractivity contribution in [2.45, 2.75) is 18.3 Å². The number of hydrogen-bond donors (Lipinski definition) is 0. The Morgan fingerprint density at radius 2 is 1.43 bits per heavy atom. The van der Waals surface area contributed by atoms with Crippen molar-refractivity contribution >= 4 is 35.0 Å². The van der Waals surface area contributed by atoms with Crippen LogP contribution in [0.1, 0.15) is 28.8 Å². The Bertz CT molecular complexity index is 732. The van der Waals surface area contributed by atoms with E-state index in [1.165, 1.54) is 0 Å². The second-order valence-electron chi connectivity index (χ2n) is 5.60. The van der Waals surface area contributed by atoms with Crippen LogP contribution in [-0.2, 0) is 14.9 Å². The number of Topliss-reactive ketones (excluding diaryl/α,β-unsaturated/α-hetero) is 1. The number of halogens is 2. The first kappa shape index (κ1) is 16.0. The van der Waals surface area contributed by atoms with Crippen LogP contribution < -0.4 is 0 Å². The number of hydrogen-bond acceptors (Lipinski definition) is 3. The van der Waals surface area contributed by atoms with Gasteiger partial charge in [-0.15, -0.1) is 0 Å². The van der Waals surface area contributed by atoms with Crippen molar-refractivity contribution in [2.75, 3.05) is 6.61 Å². The van der Waals surface area contributed by atoms with E-state index >= 15 is 0 Å². The normalized spacial score (nSPS) is 15.0. The Balaban J connectivity index is 1.64. The van der Waals surface area contributed by atoms with Gasteiger partial charge < -0.3 is 4.74 Å². The molecule has 3 rings (SSSR count). The maximum atomic E-state index is 12.4. The summed E-state index contributed by atoms with van der Waals surface area (Å²) in [5.74, 6) is -0.607. The number of ketones is 1. The van der Waals surface area contributed by atoms with Gasteiger partial charge in [-0.3, -0.25) is 9.59 Å². The van der Waals surface area contributed by atoms with E-state index in [0.29, 0.717) is 15.6 Å². The first-order valence-corrected chi connectivity index (χ1v) is 7.99. The molecule has 0 amide bonds. The molecule has 0 atom stereocenters. The maximum absolute atomic E-state index is 12.4. The van der Waals surface area contributed by atoms with Gasteiger partial charge in [-0.2, -0.15) is 0 Å². The monoisotopic (exact) mass is 348 g/mol. The Kier molecular flexibility index (Phi) is 4.42. The first-order valence-electron chi connectivity index (χ1n) is 7.23. The molecule has 1 saturated carbocycles. The molecule has 0 radical (unpaired) electrons. The second kappa shape index (κ2) is 6.34. The van der Waals surface area contributed by atoms with Crippen molar-refractivity contribution in [2.24, 2.45) is 0 Å². The molecule has 23 heavy (non-hydrogen) atoms. The molecule has 0 N–H and O–H groups in total. The fraction of sp³-hybridized carbons (Fsp3) is 0.222. The minimum absolute atomic E-state index is 0.248. The Labute approximate surface area is 144 Å². The lowest BCUT2D eigenvalue weighted by Gasteiger charge is -2.14. The van der Waals surface area contributed by atoms with Crippen LogP contribution >= 0.6 is 23.2 Å². The van der Waals surface area contributed by atoms with E-state index in [4.69, 9.17) is 27.9 Å². The zero-order valence-corrected chi connectivity index (χ0v) is 13.7. The summed E-state index contributed by atoms with van der Waals surface area (Å²) in [6, 6.07) is 13.7. The summed E-state index contributed by atoms with van der Waals surface area (Å²) in [6.07, 6.45) is 1.45. The molecular weight excluding hydrogens is 335 g/mol. The predicted octanol–water partition coefficient (Wildman–Crippen LogP) is 4.45. The number of carbonyl (C=O) groups excluding carboxylic acids is 2. The van der Waals surface area contributed by atoms with Gasteiger partial charge in [0.2, 0.25) is 0 Å². The van der Waals surface area contributed by atoms with Crippen molar-refractivity contribution in [3.8, 4) is 0 Å². The van der Waals surface area contributed by atoms with Crippen LogP contribution in [0, 0.1) is 0 Å². The molecule has 2 aromatic rings. The van der Waals surface area contributed by atoms with Gasteiger partial charge in [0, 0.05) is 15.6 Å². The molecule has 0 heterocycles. The van der Waals surface area contributed by atoms with Crippen LogP contribution in [0.15, 0.2) is 48.5 Å². The summed E-state index contributed by atoms with van der Waals surface area (Å²) < 4.78 is 5.25. The van der Waals surface area contributed by atoms with Gasteiger partial charge in [0.05, 0.1) is 5.41 Å². The summed E-state index contributed by atoms with van der Waals surface area (Å²) in [5, 5.41) is 1.18. The average molecular weight is 349 g/mol. The van der Waals surface area contributed by atoms with Crippen LogP contribution in [-0.4, -0.2) is 18.4 Å². The van der Waals surface area contributed by atoms with Gasteiger partial charge in [0.25, 0.3) is 0 Å². The molecule has 0 saturated heterocycles. The summed E-state index contributed by atoms with van der Waals surface area (Å²) >= 11 is 11.7. The van der Waals surface area contributed by atoms with E-state index in [1.807, 2.05) is 12.1 Å². The predicted molar refractivity (Wildman–Crippen MR) is 89.1 cm³/mol. The standard InChI is InChI=1S/C18H14Cl2O3/c19-14-5-1-12(2-6-14)16(21)11-23-17(22)18(9-10-18)13-3-7-15(20)8-4-13/h1-8H,9-11H2. The summed E-state index contributed by atoms with van der Waals surface area (Å²) in [6.45, 7) is -0.268. The van der Waals surface area contributed by atoms with E-state index < -0.39 is 5.41 Å². The lowest BCUT2D eigenvalue weighted by molar-refractivity contribution is -0.145. The number of rotatable bonds is 5. The molecule has 5 heteroatoms. The fourth-order valence-corrected chi connectivity index (χ4v) is 2.74. The van der Waals surface area contributed by atoms with Crippen LogP contribution in [0.4, 0.5) is 0 Å². The van der Waals surface area contributed by atoms with Crippen molar-refractivity contribution in [3.05, 3.63) is 69.7 Å². The highest BCUT2D eigenvalue weighted by Crippen LogP contribution is 2.49. The van der Waals surface area contributed by atoms with Crippen LogP contribution in [0.2, 0.25) is 10.0 Å². The highest BCUT2D eigenvalue weighted by Gasteiger charge is 2.52. The molecule has 1 aliphatic carbocycles. The molecule has 0 aliphatic heterocycles. The number of benzene rings is 2. The highest BCUT2D eigenvalue weighted by molar-refractivity contribution is 6.30. The minimum Gasteiger partial charge on any atom is -0.457 e. The third-order valence-electron chi connectivity index (χ3n) is 4.04. The quantitative estimate of drug-likeness (QED) is 0.592. The van der Waals surface area contributed by atoms with Gasteiger partial charge in [-0.05, 0) is 54.8 Å². The van der Waals surface area contributed by atoms with Crippen LogP contribution in [0.25, 0.3) is 0 Å². The van der Waals surface area contributed by atoms with Crippen molar-refractivity contribution in [1.82, 2.24) is 0 Å². The molecule has 0 unspecified atom stereocenters. The summed E-state index contributed by atoms with van der Waals surface area (Å²) in [4.78, 5) is 24.4. The zero-order valence-electron chi connectivity index (χ0n) is 12.2. The summed E-state index contributed by atoms with van der Waals surface area (Å²) in [7, 11) is 0. The lowest BCUT2D eigenvalue weighted by Crippen LogP contribution is -2.25. The fourth-order valence-electron chi connectivity index (χ4n) is 2.49. The van der Waals surface area contributed by atoms with Crippen LogP contribution in [0.3, 0.4) is 0 Å². The third kappa shape index (κ3) is 3.41. The SMILES string of the molecule is O=C(COC(=O)C1(c2ccc(Cl)cc2)CC1)c1ccc(Cl)cc1. The molecule has 2 aromatic carbocycles. The summed E-state index contributed by atoms with van der Waals surface area (Å²) in [5.41, 5.74) is 0.731. The highest BCUT2D eigenvalue weighted by atomic mass is 35.5. The molecule has 0 bridgehead atoms. The van der Waals surface area contributed by atoms with Gasteiger partial charge in [-0.25, -0.2) is 0 Å². The molecule has 118 valence electrons. The van der Waals surface area contributed by atoms with Crippen molar-refractivity contribution in [1.29, 1.82) is 0 Å². The minimum atomic E-state index is -0.620. The smallest absolute Gasteiger partial charge is 0.317 e. The largest absolute Gasteiger partial charge is 0.457 e. The average Bonchev–Trinajstić information content (AvgIpc) is 3.35. The lowest BCUT2D eigenvalue weighted by atomic mass is 9.96. The van der Waals surface area contributed by atoms with E-state index in [1.54, 1.807) is 36.4 Å². The first-order chi connectivity index (χ1) is 11.0. The van der Waals surface area contributed by atoms with Gasteiger partial charge in [-0.1, -0.05) is 35.3 Å². The van der Waals surface area contributed by atoms with Gasteiger partial charge in [0.1, 0.15) is 0 Å². The Morgan fingerprint density at radius 1 is 0.913 bits per heavy atom. The molecule has 1 aliphatic rings. The number of esters is 1.